The first-order valence-electron chi connectivity index (χ1n) is 3.86. The summed E-state index contributed by atoms with van der Waals surface area (Å²) in [4.78, 5) is 0.940. The third kappa shape index (κ3) is 2.62. The Morgan fingerprint density at radius 3 is 2.83 bits per heavy atom. The lowest BCUT2D eigenvalue weighted by Crippen LogP contribution is -1.74. The molecule has 0 aliphatic rings. The largest absolute Gasteiger partial charge is 0.507 e. The predicted octanol–water partition coefficient (Wildman–Crippen LogP) is 3.06. The van der Waals surface area contributed by atoms with Crippen molar-refractivity contribution in [2.75, 3.05) is 5.75 Å². The van der Waals surface area contributed by atoms with E-state index >= 15 is 0 Å². The van der Waals surface area contributed by atoms with E-state index in [0.29, 0.717) is 5.75 Å². The van der Waals surface area contributed by atoms with Crippen LogP contribution in [0.15, 0.2) is 41.3 Å². The van der Waals surface area contributed by atoms with Crippen molar-refractivity contribution < 1.29 is 5.11 Å². The molecule has 0 atom stereocenters. The second-order valence-corrected chi connectivity index (χ2v) is 3.41. The highest BCUT2D eigenvalue weighted by atomic mass is 32.2. The van der Waals surface area contributed by atoms with Crippen molar-refractivity contribution in [1.29, 1.82) is 0 Å². The number of hydrogen-bond donors (Lipinski definition) is 1. The number of thioether (sulfide) groups is 1. The van der Waals surface area contributed by atoms with Crippen LogP contribution in [0.25, 0.3) is 0 Å². The summed E-state index contributed by atoms with van der Waals surface area (Å²) in [6, 6.07) is 7.38. The highest BCUT2D eigenvalue weighted by Gasteiger charge is 1.96. The first-order valence-corrected chi connectivity index (χ1v) is 4.85. The molecule has 0 heterocycles. The zero-order valence-corrected chi connectivity index (χ0v) is 7.84. The summed E-state index contributed by atoms with van der Waals surface area (Å²) in [6.45, 7) is 1.99. The van der Waals surface area contributed by atoms with Gasteiger partial charge in [0.25, 0.3) is 0 Å². The molecule has 2 heteroatoms. The zero-order valence-electron chi connectivity index (χ0n) is 7.03. The third-order valence-electron chi connectivity index (χ3n) is 1.44. The van der Waals surface area contributed by atoms with E-state index in [0.717, 1.165) is 10.6 Å². The molecule has 0 radical (unpaired) electrons. The van der Waals surface area contributed by atoms with Gasteiger partial charge in [0.05, 0.1) is 0 Å². The Kier molecular flexibility index (Phi) is 3.74. The van der Waals surface area contributed by atoms with Crippen molar-refractivity contribution in [2.24, 2.45) is 0 Å². The van der Waals surface area contributed by atoms with Gasteiger partial charge in [-0.2, -0.15) is 0 Å². The summed E-state index contributed by atoms with van der Waals surface area (Å²) in [5, 5.41) is 9.36. The van der Waals surface area contributed by atoms with Gasteiger partial charge in [-0.3, -0.25) is 0 Å². The number of phenolic OH excluding ortho intramolecular Hbond substituents is 1. The van der Waals surface area contributed by atoms with E-state index in [1.54, 1.807) is 17.8 Å². The zero-order chi connectivity index (χ0) is 8.81. The molecule has 0 aliphatic carbocycles. The van der Waals surface area contributed by atoms with E-state index < -0.39 is 0 Å². The molecular weight excluding hydrogens is 168 g/mol. The Labute approximate surface area is 77.1 Å². The number of rotatable bonds is 3. The van der Waals surface area contributed by atoms with Crippen molar-refractivity contribution in [3.05, 3.63) is 36.4 Å². The van der Waals surface area contributed by atoms with Crippen LogP contribution in [-0.2, 0) is 0 Å². The highest BCUT2D eigenvalue weighted by Crippen LogP contribution is 2.27. The average Bonchev–Trinajstić information content (AvgIpc) is 2.09. The van der Waals surface area contributed by atoms with Crippen LogP contribution in [0.1, 0.15) is 6.92 Å². The summed E-state index contributed by atoms with van der Waals surface area (Å²) >= 11 is 1.63. The summed E-state index contributed by atoms with van der Waals surface area (Å²) < 4.78 is 0. The maximum absolute atomic E-state index is 9.36. The van der Waals surface area contributed by atoms with Gasteiger partial charge in [-0.05, 0) is 19.1 Å². The highest BCUT2D eigenvalue weighted by molar-refractivity contribution is 7.99. The first kappa shape index (κ1) is 9.20. The molecule has 0 unspecified atom stereocenters. The van der Waals surface area contributed by atoms with Gasteiger partial charge in [0.15, 0.2) is 0 Å². The van der Waals surface area contributed by atoms with Crippen LogP contribution in [0.2, 0.25) is 0 Å². The fourth-order valence-corrected chi connectivity index (χ4v) is 1.67. The number of aromatic hydroxyl groups is 1. The van der Waals surface area contributed by atoms with E-state index in [-0.39, 0.29) is 0 Å². The van der Waals surface area contributed by atoms with Crippen molar-refractivity contribution in [3.63, 3.8) is 0 Å². The van der Waals surface area contributed by atoms with Crippen LogP contribution in [0.3, 0.4) is 0 Å². The number of hydrogen-bond acceptors (Lipinski definition) is 2. The first-order chi connectivity index (χ1) is 5.84. The minimum atomic E-state index is 0.368. The number of allylic oxidation sites excluding steroid dienone is 1. The van der Waals surface area contributed by atoms with Crippen LogP contribution >= 0.6 is 11.8 Å². The molecule has 0 aromatic heterocycles. The quantitative estimate of drug-likeness (QED) is 0.570. The van der Waals surface area contributed by atoms with Gasteiger partial charge in [-0.25, -0.2) is 0 Å². The lowest BCUT2D eigenvalue weighted by atomic mass is 10.3. The Morgan fingerprint density at radius 2 is 2.17 bits per heavy atom. The Hall–Kier alpha value is -0.890. The van der Waals surface area contributed by atoms with E-state index in [2.05, 4.69) is 6.08 Å². The van der Waals surface area contributed by atoms with Crippen molar-refractivity contribution in [1.82, 2.24) is 0 Å². The van der Waals surface area contributed by atoms with Gasteiger partial charge in [0.2, 0.25) is 0 Å². The molecule has 1 aromatic rings. The van der Waals surface area contributed by atoms with Crippen LogP contribution in [-0.4, -0.2) is 10.9 Å². The van der Waals surface area contributed by atoms with Crippen LogP contribution in [0.4, 0.5) is 0 Å². The fraction of sp³-hybridized carbons (Fsp3) is 0.200. The molecule has 1 nitrogen and oxygen atoms in total. The summed E-state index contributed by atoms with van der Waals surface area (Å²) in [5.41, 5.74) is 0. The van der Waals surface area contributed by atoms with E-state index in [9.17, 15) is 5.11 Å². The van der Waals surface area contributed by atoms with Gasteiger partial charge in [0.1, 0.15) is 5.75 Å². The van der Waals surface area contributed by atoms with E-state index in [1.807, 2.05) is 31.2 Å². The molecule has 0 saturated heterocycles. The Morgan fingerprint density at radius 1 is 1.42 bits per heavy atom. The predicted molar refractivity (Wildman–Crippen MR) is 53.6 cm³/mol. The molecule has 1 rings (SSSR count). The topological polar surface area (TPSA) is 20.2 Å². The monoisotopic (exact) mass is 180 g/mol. The Balaban J connectivity index is 2.57. The molecule has 0 saturated carbocycles. The smallest absolute Gasteiger partial charge is 0.129 e. The second-order valence-electron chi connectivity index (χ2n) is 2.35. The van der Waals surface area contributed by atoms with Gasteiger partial charge in [-0.1, -0.05) is 24.3 Å². The molecule has 0 amide bonds. The lowest BCUT2D eigenvalue weighted by molar-refractivity contribution is 0.462. The standard InChI is InChI=1S/C10H12OS/c1-2-3-8-12-10-7-5-4-6-9(10)11/h2-7,11H,8H2,1H3/b3-2+. The third-order valence-corrected chi connectivity index (χ3v) is 2.45. The summed E-state index contributed by atoms with van der Waals surface area (Å²) in [7, 11) is 0. The van der Waals surface area contributed by atoms with E-state index in [1.165, 1.54) is 0 Å². The Bertz CT molecular complexity index is 268. The molecular formula is C10H12OS. The van der Waals surface area contributed by atoms with Crippen LogP contribution < -0.4 is 0 Å². The molecule has 64 valence electrons. The number of phenols is 1. The molecule has 0 spiro atoms. The molecule has 0 aliphatic heterocycles. The van der Waals surface area contributed by atoms with E-state index in [4.69, 9.17) is 0 Å². The summed E-state index contributed by atoms with van der Waals surface area (Å²) in [5.74, 6) is 1.28. The normalized spacial score (nSPS) is 10.8. The SMILES string of the molecule is C/C=C/CSc1ccccc1O. The molecule has 0 fully saturated rings. The van der Waals surface area contributed by atoms with Gasteiger partial charge in [0, 0.05) is 10.6 Å². The van der Waals surface area contributed by atoms with Gasteiger partial charge in [-0.15, -0.1) is 11.8 Å². The maximum atomic E-state index is 9.36. The van der Waals surface area contributed by atoms with Gasteiger partial charge >= 0.3 is 0 Å². The number of para-hydroxylation sites is 1. The van der Waals surface area contributed by atoms with Crippen molar-refractivity contribution >= 4 is 11.8 Å². The summed E-state index contributed by atoms with van der Waals surface area (Å²) in [6.07, 6.45) is 4.07. The molecule has 1 N–H and O–H groups in total. The van der Waals surface area contributed by atoms with Gasteiger partial charge < -0.3 is 5.11 Å². The van der Waals surface area contributed by atoms with Crippen LogP contribution in [0, 0.1) is 0 Å². The number of benzene rings is 1. The van der Waals surface area contributed by atoms with Crippen molar-refractivity contribution in [2.45, 2.75) is 11.8 Å². The maximum Gasteiger partial charge on any atom is 0.129 e. The van der Waals surface area contributed by atoms with Crippen molar-refractivity contribution in [3.8, 4) is 5.75 Å². The molecule has 1 aromatic carbocycles. The van der Waals surface area contributed by atoms with Crippen LogP contribution in [0.5, 0.6) is 5.75 Å². The molecule has 0 bridgehead atoms. The lowest BCUT2D eigenvalue weighted by Gasteiger charge is -2.00. The minimum Gasteiger partial charge on any atom is -0.507 e. The fourth-order valence-electron chi connectivity index (χ4n) is 0.813. The average molecular weight is 180 g/mol. The minimum absolute atomic E-state index is 0.368. The molecule has 12 heavy (non-hydrogen) atoms. The second kappa shape index (κ2) is 4.88.